The number of ether oxygens (including phenoxy) is 2. The number of cyclic esters (lactones) is 1. The molecule has 0 spiro atoms. The second-order valence-corrected chi connectivity index (χ2v) is 4.58. The van der Waals surface area contributed by atoms with E-state index in [1.807, 2.05) is 30.3 Å². The molecule has 0 radical (unpaired) electrons. The molecule has 98 valence electrons. The molecule has 1 aromatic carbocycles. The van der Waals surface area contributed by atoms with Gasteiger partial charge in [0.05, 0.1) is 0 Å². The second-order valence-electron chi connectivity index (χ2n) is 4.58. The molecule has 0 bridgehead atoms. The molecule has 0 aromatic heterocycles. The van der Waals surface area contributed by atoms with Crippen LogP contribution in [0.1, 0.15) is 26.2 Å². The number of hydrogen-bond acceptors (Lipinski definition) is 3. The molecule has 1 heterocycles. The van der Waals surface area contributed by atoms with Crippen molar-refractivity contribution in [1.29, 1.82) is 0 Å². The summed E-state index contributed by atoms with van der Waals surface area (Å²) in [5.41, 5.74) is -0.658. The highest BCUT2D eigenvalue weighted by molar-refractivity contribution is 5.70. The molecular formula is C14H19NO3. The van der Waals surface area contributed by atoms with Crippen molar-refractivity contribution in [2.75, 3.05) is 13.7 Å². The van der Waals surface area contributed by atoms with Gasteiger partial charge in [-0.3, -0.25) is 4.90 Å². The van der Waals surface area contributed by atoms with Gasteiger partial charge < -0.3 is 9.47 Å². The van der Waals surface area contributed by atoms with E-state index in [1.54, 1.807) is 11.9 Å². The molecule has 1 fully saturated rings. The van der Waals surface area contributed by atoms with Gasteiger partial charge in [0.2, 0.25) is 5.72 Å². The van der Waals surface area contributed by atoms with Crippen LogP contribution >= 0.6 is 0 Å². The minimum atomic E-state index is -0.658. The molecule has 1 aliphatic rings. The summed E-state index contributed by atoms with van der Waals surface area (Å²) in [5.74, 6) is 0.763. The standard InChI is InChI=1S/C14H19NO3/c1-3-4-10-14(11-17-13(16)15(14)2)18-12-8-6-5-7-9-12/h5-9H,3-4,10-11H2,1-2H3. The summed E-state index contributed by atoms with van der Waals surface area (Å²) < 4.78 is 11.1. The summed E-state index contributed by atoms with van der Waals surface area (Å²) in [6.45, 7) is 2.41. The number of amides is 1. The Morgan fingerprint density at radius 3 is 2.67 bits per heavy atom. The van der Waals surface area contributed by atoms with E-state index in [2.05, 4.69) is 6.92 Å². The Morgan fingerprint density at radius 1 is 1.39 bits per heavy atom. The van der Waals surface area contributed by atoms with Gasteiger partial charge >= 0.3 is 6.09 Å². The molecule has 1 atom stereocenters. The van der Waals surface area contributed by atoms with Gasteiger partial charge in [-0.05, 0) is 18.6 Å². The van der Waals surface area contributed by atoms with Crippen LogP contribution in [-0.2, 0) is 4.74 Å². The highest BCUT2D eigenvalue weighted by Crippen LogP contribution is 2.31. The van der Waals surface area contributed by atoms with Crippen molar-refractivity contribution < 1.29 is 14.3 Å². The quantitative estimate of drug-likeness (QED) is 0.805. The number of carbonyl (C=O) groups is 1. The molecular weight excluding hydrogens is 230 g/mol. The van der Waals surface area contributed by atoms with Crippen molar-refractivity contribution in [3.63, 3.8) is 0 Å². The number of likely N-dealkylation sites (N-methyl/N-ethyl adjacent to an activating group) is 1. The van der Waals surface area contributed by atoms with Crippen LogP contribution in [0.2, 0.25) is 0 Å². The Kier molecular flexibility index (Phi) is 3.75. The molecule has 2 rings (SSSR count). The molecule has 18 heavy (non-hydrogen) atoms. The maximum Gasteiger partial charge on any atom is 0.412 e. The number of benzene rings is 1. The van der Waals surface area contributed by atoms with E-state index in [1.165, 1.54) is 0 Å². The third kappa shape index (κ3) is 2.42. The van der Waals surface area contributed by atoms with Crippen LogP contribution in [0.4, 0.5) is 4.79 Å². The van der Waals surface area contributed by atoms with Crippen LogP contribution in [-0.4, -0.2) is 30.4 Å². The van der Waals surface area contributed by atoms with Gasteiger partial charge in [0.1, 0.15) is 5.75 Å². The highest BCUT2D eigenvalue weighted by Gasteiger charge is 2.47. The lowest BCUT2D eigenvalue weighted by atomic mass is 10.1. The fraction of sp³-hybridized carbons (Fsp3) is 0.500. The normalized spacial score (nSPS) is 23.0. The number of unbranched alkanes of at least 4 members (excludes halogenated alkanes) is 1. The predicted molar refractivity (Wildman–Crippen MR) is 68.4 cm³/mol. The van der Waals surface area contributed by atoms with Crippen molar-refractivity contribution in [2.24, 2.45) is 0 Å². The lowest BCUT2D eigenvalue weighted by Crippen LogP contribution is -2.49. The van der Waals surface area contributed by atoms with Crippen LogP contribution in [0.5, 0.6) is 5.75 Å². The second kappa shape index (κ2) is 5.29. The topological polar surface area (TPSA) is 38.8 Å². The molecule has 1 saturated heterocycles. The zero-order valence-electron chi connectivity index (χ0n) is 10.9. The number of para-hydroxylation sites is 1. The van der Waals surface area contributed by atoms with E-state index in [0.717, 1.165) is 25.0 Å². The zero-order chi connectivity index (χ0) is 13.0. The van der Waals surface area contributed by atoms with Gasteiger partial charge in [-0.1, -0.05) is 31.5 Å². The van der Waals surface area contributed by atoms with E-state index in [-0.39, 0.29) is 12.7 Å². The molecule has 1 amide bonds. The van der Waals surface area contributed by atoms with E-state index < -0.39 is 5.72 Å². The fourth-order valence-electron chi connectivity index (χ4n) is 2.08. The lowest BCUT2D eigenvalue weighted by molar-refractivity contribution is -0.0348. The average Bonchev–Trinajstić information content (AvgIpc) is 2.67. The smallest absolute Gasteiger partial charge is 0.412 e. The molecule has 4 heteroatoms. The number of rotatable bonds is 5. The summed E-state index contributed by atoms with van der Waals surface area (Å²) in [6, 6.07) is 9.56. The SMILES string of the molecule is CCCCC1(Oc2ccccc2)COC(=O)N1C. The number of carbonyl (C=O) groups excluding carboxylic acids is 1. The molecule has 0 aliphatic carbocycles. The van der Waals surface area contributed by atoms with Crippen LogP contribution in [0.3, 0.4) is 0 Å². The van der Waals surface area contributed by atoms with E-state index in [9.17, 15) is 4.79 Å². The van der Waals surface area contributed by atoms with Gasteiger partial charge in [0, 0.05) is 13.5 Å². The van der Waals surface area contributed by atoms with Gasteiger partial charge in [-0.15, -0.1) is 0 Å². The Bertz CT molecular complexity index is 407. The van der Waals surface area contributed by atoms with Gasteiger partial charge in [0.15, 0.2) is 6.61 Å². The maximum absolute atomic E-state index is 11.6. The molecule has 1 aliphatic heterocycles. The van der Waals surface area contributed by atoms with Gasteiger partial charge in [-0.25, -0.2) is 4.79 Å². The summed E-state index contributed by atoms with van der Waals surface area (Å²) in [4.78, 5) is 13.1. The molecule has 4 nitrogen and oxygen atoms in total. The minimum absolute atomic E-state index is 0.289. The van der Waals surface area contributed by atoms with Gasteiger partial charge in [-0.2, -0.15) is 0 Å². The fourth-order valence-corrected chi connectivity index (χ4v) is 2.08. The predicted octanol–water partition coefficient (Wildman–Crippen LogP) is 3.03. The third-order valence-corrected chi connectivity index (χ3v) is 3.28. The first kappa shape index (κ1) is 12.7. The van der Waals surface area contributed by atoms with Crippen molar-refractivity contribution in [1.82, 2.24) is 4.90 Å². The Hall–Kier alpha value is -1.71. The summed E-state index contributed by atoms with van der Waals surface area (Å²) >= 11 is 0. The van der Waals surface area contributed by atoms with Crippen LogP contribution in [0.15, 0.2) is 30.3 Å². The summed E-state index contributed by atoms with van der Waals surface area (Å²) in [6.07, 6.45) is 2.51. The first-order valence-electron chi connectivity index (χ1n) is 6.32. The first-order valence-corrected chi connectivity index (χ1v) is 6.32. The van der Waals surface area contributed by atoms with Gasteiger partial charge in [0.25, 0.3) is 0 Å². The first-order chi connectivity index (χ1) is 8.68. The van der Waals surface area contributed by atoms with Crippen LogP contribution < -0.4 is 4.74 Å². The third-order valence-electron chi connectivity index (χ3n) is 3.28. The van der Waals surface area contributed by atoms with Crippen molar-refractivity contribution in [3.8, 4) is 5.75 Å². The molecule has 0 N–H and O–H groups in total. The lowest BCUT2D eigenvalue weighted by Gasteiger charge is -2.33. The van der Waals surface area contributed by atoms with E-state index in [0.29, 0.717) is 0 Å². The average molecular weight is 249 g/mol. The highest BCUT2D eigenvalue weighted by atomic mass is 16.6. The molecule has 1 unspecified atom stereocenters. The number of nitrogens with zero attached hydrogens (tertiary/aromatic N) is 1. The van der Waals surface area contributed by atoms with Crippen molar-refractivity contribution in [2.45, 2.75) is 31.9 Å². The van der Waals surface area contributed by atoms with Crippen LogP contribution in [0.25, 0.3) is 0 Å². The Labute approximate surface area is 107 Å². The number of hydrogen-bond donors (Lipinski definition) is 0. The monoisotopic (exact) mass is 249 g/mol. The maximum atomic E-state index is 11.6. The zero-order valence-corrected chi connectivity index (χ0v) is 10.9. The summed E-state index contributed by atoms with van der Waals surface area (Å²) in [7, 11) is 1.73. The largest absolute Gasteiger partial charge is 0.464 e. The van der Waals surface area contributed by atoms with E-state index in [4.69, 9.17) is 9.47 Å². The molecule has 0 saturated carbocycles. The van der Waals surface area contributed by atoms with Crippen molar-refractivity contribution >= 4 is 6.09 Å². The Morgan fingerprint density at radius 2 is 2.11 bits per heavy atom. The van der Waals surface area contributed by atoms with E-state index >= 15 is 0 Å². The Balaban J connectivity index is 2.18. The van der Waals surface area contributed by atoms with Crippen molar-refractivity contribution in [3.05, 3.63) is 30.3 Å². The molecule has 1 aromatic rings. The van der Waals surface area contributed by atoms with Crippen LogP contribution in [0, 0.1) is 0 Å². The minimum Gasteiger partial charge on any atom is -0.464 e. The summed E-state index contributed by atoms with van der Waals surface area (Å²) in [5, 5.41) is 0.